The highest BCUT2D eigenvalue weighted by Gasteiger charge is 2.37. The summed E-state index contributed by atoms with van der Waals surface area (Å²) >= 11 is 6.41. The van der Waals surface area contributed by atoms with E-state index < -0.39 is 5.76 Å². The zero-order valence-corrected chi connectivity index (χ0v) is 23.4. The second-order valence-electron chi connectivity index (χ2n) is 11.7. The molecule has 4 aromatic rings. The molecule has 4 aromatic heterocycles. The number of pyridine rings is 2. The van der Waals surface area contributed by atoms with Gasteiger partial charge < -0.3 is 14.2 Å². The van der Waals surface area contributed by atoms with Crippen molar-refractivity contribution in [2.45, 2.75) is 64.5 Å². The minimum absolute atomic E-state index is 0.267. The molecule has 1 saturated carbocycles. The molecule has 2 atom stereocenters. The molecule has 2 unspecified atom stereocenters. The van der Waals surface area contributed by atoms with E-state index in [9.17, 15) is 4.79 Å². The maximum absolute atomic E-state index is 11.8. The van der Waals surface area contributed by atoms with Crippen molar-refractivity contribution in [1.82, 2.24) is 29.7 Å². The van der Waals surface area contributed by atoms with Gasteiger partial charge in [-0.25, -0.2) is 14.8 Å². The van der Waals surface area contributed by atoms with Gasteiger partial charge in [-0.1, -0.05) is 36.5 Å². The Labute approximate surface area is 237 Å². The number of nitrogens with one attached hydrogen (secondary N) is 1. The van der Waals surface area contributed by atoms with Crippen LogP contribution in [0.25, 0.3) is 33.8 Å². The van der Waals surface area contributed by atoms with Gasteiger partial charge in [-0.3, -0.25) is 14.5 Å². The van der Waals surface area contributed by atoms with E-state index >= 15 is 0 Å². The number of piperidine rings is 1. The van der Waals surface area contributed by atoms with E-state index in [2.05, 4.69) is 31.5 Å². The Morgan fingerprint density at radius 3 is 2.77 bits per heavy atom. The van der Waals surface area contributed by atoms with Crippen LogP contribution in [0.3, 0.4) is 0 Å². The van der Waals surface area contributed by atoms with Gasteiger partial charge in [0, 0.05) is 49.6 Å². The molecular weight excluding hydrogens is 530 g/mol. The zero-order chi connectivity index (χ0) is 27.2. The first-order valence-corrected chi connectivity index (χ1v) is 14.8. The van der Waals surface area contributed by atoms with Crippen LogP contribution in [0.1, 0.15) is 51.9 Å². The van der Waals surface area contributed by atoms with E-state index in [0.717, 1.165) is 73.3 Å². The summed E-state index contributed by atoms with van der Waals surface area (Å²) in [7, 11) is 0. The van der Waals surface area contributed by atoms with Crippen LogP contribution in [0.2, 0.25) is 5.02 Å². The van der Waals surface area contributed by atoms with E-state index in [1.165, 1.54) is 32.1 Å². The maximum Gasteiger partial charge on any atom is 0.439 e. The van der Waals surface area contributed by atoms with Gasteiger partial charge in [0.25, 0.3) is 0 Å². The van der Waals surface area contributed by atoms with Crippen molar-refractivity contribution < 1.29 is 9.26 Å². The number of hydrogen-bond acceptors (Lipinski definition) is 8. The van der Waals surface area contributed by atoms with Gasteiger partial charge in [0.1, 0.15) is 5.69 Å². The topological polar surface area (TPSA) is 115 Å². The predicted molar refractivity (Wildman–Crippen MR) is 152 cm³/mol. The number of aromatic amines is 1. The van der Waals surface area contributed by atoms with E-state index in [1.807, 2.05) is 12.1 Å². The first kappa shape index (κ1) is 25.7. The number of rotatable bonds is 5. The summed E-state index contributed by atoms with van der Waals surface area (Å²) in [6.45, 7) is 5.80. The van der Waals surface area contributed by atoms with E-state index in [1.54, 1.807) is 12.4 Å². The molecule has 1 N–H and O–H groups in total. The second-order valence-corrected chi connectivity index (χ2v) is 12.2. The van der Waals surface area contributed by atoms with Crippen LogP contribution < -0.4 is 10.7 Å². The largest absolute Gasteiger partial charge is 0.439 e. The smallest absolute Gasteiger partial charge is 0.381 e. The van der Waals surface area contributed by atoms with Crippen molar-refractivity contribution in [2.24, 2.45) is 17.8 Å². The van der Waals surface area contributed by atoms with Crippen LogP contribution in [0, 0.1) is 17.8 Å². The Morgan fingerprint density at radius 2 is 1.98 bits per heavy atom. The highest BCUT2D eigenvalue weighted by atomic mass is 35.5. The minimum atomic E-state index is -0.625. The average molecular weight is 564 g/mol. The molecular formula is C29H34ClN7O3. The quantitative estimate of drug-likeness (QED) is 0.347. The average Bonchev–Trinajstić information content (AvgIpc) is 3.57. The summed E-state index contributed by atoms with van der Waals surface area (Å²) in [6.07, 6.45) is 11.6. The first-order chi connectivity index (χ1) is 19.5. The van der Waals surface area contributed by atoms with Crippen LogP contribution in [-0.4, -0.2) is 55.5 Å². The number of H-pyrrole nitrogens is 1. The molecule has 0 spiro atoms. The van der Waals surface area contributed by atoms with E-state index in [-0.39, 0.29) is 5.82 Å². The number of aromatic nitrogens is 6. The molecule has 0 radical (unpaired) electrons. The van der Waals surface area contributed by atoms with Crippen LogP contribution in [0.4, 0.5) is 5.95 Å². The predicted octanol–water partition coefficient (Wildman–Crippen LogP) is 5.32. The third kappa shape index (κ3) is 4.81. The van der Waals surface area contributed by atoms with Crippen molar-refractivity contribution in [2.75, 3.05) is 24.7 Å². The van der Waals surface area contributed by atoms with Crippen molar-refractivity contribution in [3.8, 4) is 22.8 Å². The van der Waals surface area contributed by atoms with Crippen LogP contribution in [0.15, 0.2) is 33.8 Å². The van der Waals surface area contributed by atoms with Gasteiger partial charge in [-0.2, -0.15) is 0 Å². The lowest BCUT2D eigenvalue weighted by molar-refractivity contribution is 0.0278. The molecule has 0 amide bonds. The Morgan fingerprint density at radius 1 is 1.10 bits per heavy atom. The SMILES string of the molecule is C[C@H]1CC[C@H](Cn2c(N3CCCC4COCCC43)nc3cc(-c4noc(=O)[nH]4)nc(-c4cncc(Cl)c4)c32)CC1. The molecule has 7 rings (SSSR count). The fourth-order valence-electron chi connectivity index (χ4n) is 6.92. The Kier molecular flexibility index (Phi) is 6.83. The zero-order valence-electron chi connectivity index (χ0n) is 22.7. The summed E-state index contributed by atoms with van der Waals surface area (Å²) in [4.78, 5) is 31.6. The third-order valence-corrected chi connectivity index (χ3v) is 9.21. The van der Waals surface area contributed by atoms with Gasteiger partial charge in [-0.15, -0.1) is 0 Å². The van der Waals surface area contributed by atoms with Crippen molar-refractivity contribution in [3.63, 3.8) is 0 Å². The van der Waals surface area contributed by atoms with Gasteiger partial charge >= 0.3 is 5.76 Å². The van der Waals surface area contributed by atoms with Gasteiger partial charge in [0.2, 0.25) is 11.8 Å². The summed E-state index contributed by atoms with van der Waals surface area (Å²) < 4.78 is 13.1. The number of ether oxygens (including phenoxy) is 1. The number of halogens is 1. The van der Waals surface area contributed by atoms with Crippen molar-refractivity contribution in [1.29, 1.82) is 0 Å². The minimum Gasteiger partial charge on any atom is -0.381 e. The van der Waals surface area contributed by atoms with E-state index in [0.29, 0.717) is 28.6 Å². The fourth-order valence-corrected chi connectivity index (χ4v) is 7.09. The normalized spacial score (nSPS) is 25.3. The number of hydrogen-bond donors (Lipinski definition) is 1. The van der Waals surface area contributed by atoms with Gasteiger partial charge in [0.05, 0.1) is 28.4 Å². The number of anilines is 1. The summed E-state index contributed by atoms with van der Waals surface area (Å²) in [5.74, 6) is 2.50. The van der Waals surface area contributed by atoms with Crippen LogP contribution >= 0.6 is 11.6 Å². The molecule has 210 valence electrons. The fraction of sp³-hybridized carbons (Fsp3) is 0.552. The first-order valence-electron chi connectivity index (χ1n) is 14.5. The molecule has 2 aliphatic heterocycles. The van der Waals surface area contributed by atoms with E-state index in [4.69, 9.17) is 30.8 Å². The molecule has 0 aromatic carbocycles. The summed E-state index contributed by atoms with van der Waals surface area (Å²) in [5, 5.41) is 4.44. The molecule has 3 fully saturated rings. The molecule has 6 heterocycles. The Bertz CT molecular complexity index is 1570. The summed E-state index contributed by atoms with van der Waals surface area (Å²) in [6, 6.07) is 4.18. The molecule has 3 aliphatic rings. The molecule has 0 bridgehead atoms. The van der Waals surface area contributed by atoms with Crippen molar-refractivity contribution in [3.05, 3.63) is 40.1 Å². The third-order valence-electron chi connectivity index (χ3n) is 9.01. The van der Waals surface area contributed by atoms with Crippen LogP contribution in [0.5, 0.6) is 0 Å². The number of nitrogens with zero attached hydrogens (tertiary/aromatic N) is 6. The van der Waals surface area contributed by atoms with Crippen LogP contribution in [-0.2, 0) is 11.3 Å². The summed E-state index contributed by atoms with van der Waals surface area (Å²) in [5.41, 5.74) is 3.75. The van der Waals surface area contributed by atoms with Gasteiger partial charge in [-0.05, 0) is 56.1 Å². The number of imidazole rings is 1. The second kappa shape index (κ2) is 10.6. The molecule has 11 heteroatoms. The highest BCUT2D eigenvalue weighted by molar-refractivity contribution is 6.30. The lowest BCUT2D eigenvalue weighted by Crippen LogP contribution is -2.50. The molecule has 1 aliphatic carbocycles. The maximum atomic E-state index is 11.8. The molecule has 10 nitrogen and oxygen atoms in total. The standard InChI is InChI=1S/C29H34ClN7O3/c1-17-4-6-18(7-5-17)15-37-26-22(33-28(37)36-9-2-3-19-16-39-10-8-24(19)36)12-23(27-34-29(38)40-35-27)32-25(26)20-11-21(30)14-31-13-20/h11-14,17-19,24H,2-10,15-16H2,1H3,(H,34,35,38)/t17-,18-,19?,24?. The Balaban J connectivity index is 1.44. The van der Waals surface area contributed by atoms with Gasteiger partial charge in [0.15, 0.2) is 0 Å². The Hall–Kier alpha value is -3.24. The lowest BCUT2D eigenvalue weighted by atomic mass is 9.83. The monoisotopic (exact) mass is 563 g/mol. The van der Waals surface area contributed by atoms with Crippen molar-refractivity contribution >= 4 is 28.6 Å². The number of fused-ring (bicyclic) bond motifs is 2. The molecule has 2 saturated heterocycles. The highest BCUT2D eigenvalue weighted by Crippen LogP contribution is 2.40. The lowest BCUT2D eigenvalue weighted by Gasteiger charge is -2.44. The molecule has 40 heavy (non-hydrogen) atoms.